The summed E-state index contributed by atoms with van der Waals surface area (Å²) in [4.78, 5) is 25.8. The molecule has 0 unspecified atom stereocenters. The lowest BCUT2D eigenvalue weighted by Crippen LogP contribution is -2.27. The molecule has 6 nitrogen and oxygen atoms in total. The fourth-order valence-electron chi connectivity index (χ4n) is 2.78. The first-order valence-corrected chi connectivity index (χ1v) is 8.11. The predicted molar refractivity (Wildman–Crippen MR) is 92.4 cm³/mol. The van der Waals surface area contributed by atoms with Crippen LogP contribution in [0.2, 0.25) is 5.02 Å². The number of carbonyl (C=O) groups excluding carboxylic acids is 2. The Kier molecular flexibility index (Phi) is 4.32. The van der Waals surface area contributed by atoms with Crippen LogP contribution in [0.3, 0.4) is 0 Å². The number of carbonyl (C=O) groups is 2. The van der Waals surface area contributed by atoms with Gasteiger partial charge in [-0.15, -0.1) is 0 Å². The zero-order valence-electron chi connectivity index (χ0n) is 13.8. The van der Waals surface area contributed by atoms with Crippen molar-refractivity contribution >= 4 is 29.2 Å². The maximum absolute atomic E-state index is 12.6. The second kappa shape index (κ2) is 6.28. The first-order valence-electron chi connectivity index (χ1n) is 7.74. The first-order chi connectivity index (χ1) is 11.4. The summed E-state index contributed by atoms with van der Waals surface area (Å²) in [5, 5.41) is 8.08. The van der Waals surface area contributed by atoms with Gasteiger partial charge in [-0.1, -0.05) is 11.6 Å². The number of hydrogen-bond donors (Lipinski definition) is 1. The minimum atomic E-state index is -0.337. The van der Waals surface area contributed by atoms with E-state index in [1.165, 1.54) is 0 Å². The Morgan fingerprint density at radius 2 is 1.96 bits per heavy atom. The zero-order chi connectivity index (χ0) is 17.4. The van der Waals surface area contributed by atoms with Crippen LogP contribution < -0.4 is 5.32 Å². The van der Waals surface area contributed by atoms with Crippen molar-refractivity contribution in [2.75, 3.05) is 18.9 Å². The Balaban J connectivity index is 1.89. The molecular weight excluding hydrogens is 328 g/mol. The number of halogens is 1. The summed E-state index contributed by atoms with van der Waals surface area (Å²) in [6.45, 7) is 4.25. The number of hydrogen-bond acceptors (Lipinski definition) is 3. The van der Waals surface area contributed by atoms with Crippen LogP contribution in [0.25, 0.3) is 5.69 Å². The number of nitrogens with one attached hydrogen (secondary N) is 1. The van der Waals surface area contributed by atoms with Crippen LogP contribution in [0.5, 0.6) is 0 Å². The molecule has 1 atom stereocenters. The van der Waals surface area contributed by atoms with Gasteiger partial charge in [-0.25, -0.2) is 4.68 Å². The molecule has 2 heterocycles. The monoisotopic (exact) mass is 346 g/mol. The molecule has 7 heteroatoms. The summed E-state index contributed by atoms with van der Waals surface area (Å²) in [5.41, 5.74) is 2.54. The number of amides is 2. The quantitative estimate of drug-likeness (QED) is 0.928. The number of nitrogens with zero attached hydrogens (tertiary/aromatic N) is 3. The van der Waals surface area contributed by atoms with E-state index in [9.17, 15) is 9.59 Å². The smallest absolute Gasteiger partial charge is 0.230 e. The summed E-state index contributed by atoms with van der Waals surface area (Å²) in [5.74, 6) is 0.123. The minimum Gasteiger partial charge on any atom is -0.345 e. The average Bonchev–Trinajstić information content (AvgIpc) is 3.02. The Labute approximate surface area is 145 Å². The molecule has 1 aromatic heterocycles. The van der Waals surface area contributed by atoms with Gasteiger partial charge in [0.15, 0.2) is 0 Å². The molecular formula is C17H19ClN4O2. The normalized spacial score (nSPS) is 17.4. The zero-order valence-corrected chi connectivity index (χ0v) is 14.6. The van der Waals surface area contributed by atoms with E-state index in [1.807, 2.05) is 26.0 Å². The van der Waals surface area contributed by atoms with Crippen molar-refractivity contribution in [3.63, 3.8) is 0 Å². The maximum atomic E-state index is 12.6. The predicted octanol–water partition coefficient (Wildman–Crippen LogP) is 2.56. The summed E-state index contributed by atoms with van der Waals surface area (Å²) in [7, 11) is 1.71. The second-order valence-corrected chi connectivity index (χ2v) is 6.55. The summed E-state index contributed by atoms with van der Waals surface area (Å²) < 4.78 is 1.69. The number of anilines is 1. The van der Waals surface area contributed by atoms with E-state index in [4.69, 9.17) is 11.6 Å². The minimum absolute atomic E-state index is 0.00531. The first kappa shape index (κ1) is 16.5. The van der Waals surface area contributed by atoms with Crippen LogP contribution >= 0.6 is 11.6 Å². The van der Waals surface area contributed by atoms with E-state index in [0.717, 1.165) is 16.9 Å². The molecule has 0 saturated carbocycles. The van der Waals surface area contributed by atoms with Gasteiger partial charge in [0.2, 0.25) is 11.8 Å². The van der Waals surface area contributed by atoms with Crippen molar-refractivity contribution in [1.29, 1.82) is 0 Å². The SMILES string of the molecule is Cc1nn(-c2ccc(Cl)cc2)c(NC(=O)[C@@H]2CC(=O)N(C)C2)c1C. The topological polar surface area (TPSA) is 67.2 Å². The molecule has 1 saturated heterocycles. The third-order valence-electron chi connectivity index (χ3n) is 4.38. The highest BCUT2D eigenvalue weighted by Gasteiger charge is 2.33. The number of aromatic nitrogens is 2. The van der Waals surface area contributed by atoms with E-state index < -0.39 is 0 Å². The van der Waals surface area contributed by atoms with Crippen molar-refractivity contribution in [3.8, 4) is 5.69 Å². The lowest BCUT2D eigenvalue weighted by molar-refractivity contribution is -0.127. The standard InChI is InChI=1S/C17H19ClN4O2/c1-10-11(2)20-22(14-6-4-13(18)5-7-14)16(10)19-17(24)12-8-15(23)21(3)9-12/h4-7,12H,8-9H2,1-3H3,(H,19,24)/t12-/m1/s1. The van der Waals surface area contributed by atoms with E-state index >= 15 is 0 Å². The van der Waals surface area contributed by atoms with Gasteiger partial charge in [0, 0.05) is 30.6 Å². The number of likely N-dealkylation sites (tertiary alicyclic amines) is 1. The molecule has 126 valence electrons. The van der Waals surface area contributed by atoms with Crippen molar-refractivity contribution in [2.45, 2.75) is 20.3 Å². The van der Waals surface area contributed by atoms with Gasteiger partial charge < -0.3 is 10.2 Å². The third kappa shape index (κ3) is 3.01. The van der Waals surface area contributed by atoms with Gasteiger partial charge in [0.25, 0.3) is 0 Å². The van der Waals surface area contributed by atoms with Gasteiger partial charge in [0.05, 0.1) is 17.3 Å². The van der Waals surface area contributed by atoms with Crippen LogP contribution in [-0.2, 0) is 9.59 Å². The molecule has 0 aliphatic carbocycles. The fourth-order valence-corrected chi connectivity index (χ4v) is 2.90. The highest BCUT2D eigenvalue weighted by atomic mass is 35.5. The Hall–Kier alpha value is -2.34. The van der Waals surface area contributed by atoms with Gasteiger partial charge in [-0.3, -0.25) is 9.59 Å². The van der Waals surface area contributed by atoms with Crippen LogP contribution in [0.4, 0.5) is 5.82 Å². The Morgan fingerprint density at radius 1 is 1.29 bits per heavy atom. The average molecular weight is 347 g/mol. The molecule has 0 radical (unpaired) electrons. The van der Waals surface area contributed by atoms with Crippen molar-refractivity contribution < 1.29 is 9.59 Å². The molecule has 3 rings (SSSR count). The van der Waals surface area contributed by atoms with Gasteiger partial charge in [-0.05, 0) is 38.1 Å². The van der Waals surface area contributed by atoms with Crippen molar-refractivity contribution in [1.82, 2.24) is 14.7 Å². The molecule has 0 bridgehead atoms. The van der Waals surface area contributed by atoms with E-state index in [1.54, 1.807) is 28.8 Å². The lowest BCUT2D eigenvalue weighted by atomic mass is 10.1. The van der Waals surface area contributed by atoms with E-state index in [2.05, 4.69) is 10.4 Å². The maximum Gasteiger partial charge on any atom is 0.230 e. The summed E-state index contributed by atoms with van der Waals surface area (Å²) >= 11 is 5.94. The summed E-state index contributed by atoms with van der Waals surface area (Å²) in [6, 6.07) is 7.24. The van der Waals surface area contributed by atoms with Gasteiger partial charge >= 0.3 is 0 Å². The van der Waals surface area contributed by atoms with Crippen LogP contribution in [0.1, 0.15) is 17.7 Å². The molecule has 1 aliphatic heterocycles. The number of rotatable bonds is 3. The molecule has 0 spiro atoms. The third-order valence-corrected chi connectivity index (χ3v) is 4.64. The van der Waals surface area contributed by atoms with Crippen LogP contribution in [-0.4, -0.2) is 40.1 Å². The largest absolute Gasteiger partial charge is 0.345 e. The Bertz CT molecular complexity index is 798. The molecule has 2 aromatic rings. The van der Waals surface area contributed by atoms with E-state index in [-0.39, 0.29) is 24.2 Å². The Morgan fingerprint density at radius 3 is 2.54 bits per heavy atom. The molecule has 1 aromatic carbocycles. The van der Waals surface area contributed by atoms with Crippen molar-refractivity contribution in [3.05, 3.63) is 40.5 Å². The highest BCUT2D eigenvalue weighted by molar-refractivity contribution is 6.30. The van der Waals surface area contributed by atoms with Crippen LogP contribution in [0.15, 0.2) is 24.3 Å². The lowest BCUT2D eigenvalue weighted by Gasteiger charge is -2.13. The summed E-state index contributed by atoms with van der Waals surface area (Å²) in [6.07, 6.45) is 0.245. The van der Waals surface area contributed by atoms with Crippen molar-refractivity contribution in [2.24, 2.45) is 5.92 Å². The van der Waals surface area contributed by atoms with Gasteiger partial charge in [-0.2, -0.15) is 5.10 Å². The molecule has 2 amide bonds. The van der Waals surface area contributed by atoms with Crippen LogP contribution in [0, 0.1) is 19.8 Å². The molecule has 1 N–H and O–H groups in total. The second-order valence-electron chi connectivity index (χ2n) is 6.11. The highest BCUT2D eigenvalue weighted by Crippen LogP contribution is 2.25. The fraction of sp³-hybridized carbons (Fsp3) is 0.353. The van der Waals surface area contributed by atoms with Gasteiger partial charge in [0.1, 0.15) is 5.82 Å². The molecule has 1 fully saturated rings. The molecule has 1 aliphatic rings. The van der Waals surface area contributed by atoms with E-state index in [0.29, 0.717) is 17.4 Å². The number of aryl methyl sites for hydroxylation is 1. The number of benzene rings is 1. The molecule has 24 heavy (non-hydrogen) atoms.